The van der Waals surface area contributed by atoms with Crippen molar-refractivity contribution in [3.63, 3.8) is 0 Å². The molecule has 1 heterocycles. The van der Waals surface area contributed by atoms with E-state index in [0.29, 0.717) is 12.5 Å². The number of aryl methyl sites for hydroxylation is 2. The topological polar surface area (TPSA) is 87.4 Å². The second-order valence-electron chi connectivity index (χ2n) is 6.37. The fraction of sp³-hybridized carbons (Fsp3) is 0.444. The number of anilines is 2. The predicted molar refractivity (Wildman–Crippen MR) is 93.0 cm³/mol. The van der Waals surface area contributed by atoms with E-state index in [1.54, 1.807) is 0 Å². The maximum absolute atomic E-state index is 11.0. The summed E-state index contributed by atoms with van der Waals surface area (Å²) in [4.78, 5) is 11.0. The Morgan fingerprint density at radius 3 is 2.58 bits per heavy atom. The number of nitrogens with one attached hydrogen (secondary N) is 2. The van der Waals surface area contributed by atoms with Gasteiger partial charge in [-0.1, -0.05) is 11.2 Å². The Labute approximate surface area is 141 Å². The van der Waals surface area contributed by atoms with Crippen LogP contribution in [0, 0.1) is 13.8 Å². The Balaban J connectivity index is 1.86. The number of aliphatic hydroxyl groups is 1. The number of aliphatic hydroxyl groups excluding tert-OH is 1. The van der Waals surface area contributed by atoms with Crippen molar-refractivity contribution in [1.82, 2.24) is 5.16 Å². The third-order valence-corrected chi connectivity index (χ3v) is 4.61. The van der Waals surface area contributed by atoms with Crippen LogP contribution in [0.3, 0.4) is 0 Å². The molecule has 1 aromatic carbocycles. The first-order chi connectivity index (χ1) is 11.6. The van der Waals surface area contributed by atoms with E-state index in [4.69, 9.17) is 4.52 Å². The number of hydrogen-bond donors (Lipinski definition) is 3. The molecular weight excluding hydrogens is 306 g/mol. The first kappa shape index (κ1) is 16.5. The predicted octanol–water partition coefficient (Wildman–Crippen LogP) is 3.24. The van der Waals surface area contributed by atoms with Crippen molar-refractivity contribution in [2.24, 2.45) is 0 Å². The summed E-state index contributed by atoms with van der Waals surface area (Å²) in [5.41, 5.74) is 4.36. The van der Waals surface area contributed by atoms with E-state index in [1.165, 1.54) is 0 Å². The number of carbonyl (C=O) groups is 1. The zero-order valence-electron chi connectivity index (χ0n) is 14.0. The Kier molecular flexibility index (Phi) is 4.85. The lowest BCUT2D eigenvalue weighted by Gasteiger charge is -2.28. The SMILES string of the molecule is Cc1noc(C)c1-c1ccc(NC2CCC(O)CC2)c(NC=O)c1. The summed E-state index contributed by atoms with van der Waals surface area (Å²) in [5.74, 6) is 0.756. The summed E-state index contributed by atoms with van der Waals surface area (Å²) >= 11 is 0. The average molecular weight is 329 g/mol. The highest BCUT2D eigenvalue weighted by atomic mass is 16.5. The molecule has 0 atom stereocenters. The number of benzene rings is 1. The second-order valence-corrected chi connectivity index (χ2v) is 6.37. The van der Waals surface area contributed by atoms with Crippen LogP contribution in [-0.4, -0.2) is 28.8 Å². The first-order valence-electron chi connectivity index (χ1n) is 8.30. The maximum Gasteiger partial charge on any atom is 0.211 e. The Morgan fingerprint density at radius 2 is 1.96 bits per heavy atom. The molecule has 0 aliphatic heterocycles. The van der Waals surface area contributed by atoms with E-state index >= 15 is 0 Å². The summed E-state index contributed by atoms with van der Waals surface area (Å²) in [5, 5.41) is 19.9. The van der Waals surface area contributed by atoms with E-state index in [0.717, 1.165) is 59.6 Å². The van der Waals surface area contributed by atoms with E-state index in [-0.39, 0.29) is 6.10 Å². The van der Waals surface area contributed by atoms with Crippen LogP contribution in [0.4, 0.5) is 11.4 Å². The van der Waals surface area contributed by atoms with Gasteiger partial charge in [0, 0.05) is 11.6 Å². The van der Waals surface area contributed by atoms with Gasteiger partial charge in [0.15, 0.2) is 0 Å². The minimum absolute atomic E-state index is 0.183. The smallest absolute Gasteiger partial charge is 0.211 e. The molecule has 1 amide bonds. The molecule has 6 heteroatoms. The van der Waals surface area contributed by atoms with Crippen LogP contribution < -0.4 is 10.6 Å². The molecule has 6 nitrogen and oxygen atoms in total. The number of carbonyl (C=O) groups excluding carboxylic acids is 1. The molecule has 1 fully saturated rings. The largest absolute Gasteiger partial charge is 0.393 e. The summed E-state index contributed by atoms with van der Waals surface area (Å²) in [6.07, 6.45) is 3.97. The quantitative estimate of drug-likeness (QED) is 0.733. The molecule has 1 aliphatic carbocycles. The van der Waals surface area contributed by atoms with Crippen LogP contribution in [0.5, 0.6) is 0 Å². The van der Waals surface area contributed by atoms with Crippen molar-refractivity contribution in [3.05, 3.63) is 29.7 Å². The van der Waals surface area contributed by atoms with Crippen LogP contribution >= 0.6 is 0 Å². The van der Waals surface area contributed by atoms with Gasteiger partial charge in [0.1, 0.15) is 5.76 Å². The lowest BCUT2D eigenvalue weighted by molar-refractivity contribution is -0.105. The molecule has 24 heavy (non-hydrogen) atoms. The highest BCUT2D eigenvalue weighted by molar-refractivity contribution is 5.85. The van der Waals surface area contributed by atoms with Crippen molar-refractivity contribution >= 4 is 17.8 Å². The second kappa shape index (κ2) is 7.05. The molecule has 0 radical (unpaired) electrons. The van der Waals surface area contributed by atoms with Gasteiger partial charge in [-0.3, -0.25) is 4.79 Å². The third kappa shape index (κ3) is 3.43. The van der Waals surface area contributed by atoms with E-state index < -0.39 is 0 Å². The Bertz CT molecular complexity index is 699. The van der Waals surface area contributed by atoms with Crippen molar-refractivity contribution in [2.75, 3.05) is 10.6 Å². The van der Waals surface area contributed by atoms with Gasteiger partial charge in [0.2, 0.25) is 6.41 Å². The van der Waals surface area contributed by atoms with Crippen molar-refractivity contribution < 1.29 is 14.4 Å². The number of nitrogens with zero attached hydrogens (tertiary/aromatic N) is 1. The van der Waals surface area contributed by atoms with Gasteiger partial charge in [0.25, 0.3) is 0 Å². The van der Waals surface area contributed by atoms with Crippen LogP contribution in [0.1, 0.15) is 37.1 Å². The minimum Gasteiger partial charge on any atom is -0.393 e. The molecule has 0 bridgehead atoms. The Morgan fingerprint density at radius 1 is 1.21 bits per heavy atom. The summed E-state index contributed by atoms with van der Waals surface area (Å²) in [7, 11) is 0. The minimum atomic E-state index is -0.183. The van der Waals surface area contributed by atoms with E-state index in [2.05, 4.69) is 15.8 Å². The fourth-order valence-corrected chi connectivity index (χ4v) is 3.34. The lowest BCUT2D eigenvalue weighted by Crippen LogP contribution is -2.28. The molecule has 0 unspecified atom stereocenters. The van der Waals surface area contributed by atoms with Crippen molar-refractivity contribution in [1.29, 1.82) is 0 Å². The monoisotopic (exact) mass is 329 g/mol. The van der Waals surface area contributed by atoms with E-state index in [1.807, 2.05) is 32.0 Å². The molecule has 1 aliphatic rings. The normalized spacial score (nSPS) is 20.6. The van der Waals surface area contributed by atoms with Crippen LogP contribution in [0.25, 0.3) is 11.1 Å². The lowest BCUT2D eigenvalue weighted by atomic mass is 9.93. The summed E-state index contributed by atoms with van der Waals surface area (Å²) in [6.45, 7) is 3.78. The highest BCUT2D eigenvalue weighted by Gasteiger charge is 2.20. The molecular formula is C18H23N3O3. The zero-order chi connectivity index (χ0) is 17.1. The fourth-order valence-electron chi connectivity index (χ4n) is 3.34. The van der Waals surface area contributed by atoms with Crippen LogP contribution in [-0.2, 0) is 4.79 Å². The van der Waals surface area contributed by atoms with Gasteiger partial charge in [-0.15, -0.1) is 0 Å². The number of aromatic nitrogens is 1. The van der Waals surface area contributed by atoms with E-state index in [9.17, 15) is 9.90 Å². The van der Waals surface area contributed by atoms with Gasteiger partial charge < -0.3 is 20.3 Å². The molecule has 3 rings (SSSR count). The molecule has 1 saturated carbocycles. The van der Waals surface area contributed by atoms with Gasteiger partial charge in [-0.25, -0.2) is 0 Å². The number of amides is 1. The van der Waals surface area contributed by atoms with Crippen molar-refractivity contribution in [3.8, 4) is 11.1 Å². The summed E-state index contributed by atoms with van der Waals surface area (Å²) in [6, 6.07) is 6.21. The zero-order valence-corrected chi connectivity index (χ0v) is 14.0. The molecule has 0 spiro atoms. The third-order valence-electron chi connectivity index (χ3n) is 4.61. The summed E-state index contributed by atoms with van der Waals surface area (Å²) < 4.78 is 5.23. The van der Waals surface area contributed by atoms with Gasteiger partial charge in [0.05, 0.1) is 23.2 Å². The van der Waals surface area contributed by atoms with Crippen molar-refractivity contribution in [2.45, 2.75) is 51.7 Å². The van der Waals surface area contributed by atoms with Gasteiger partial charge in [-0.2, -0.15) is 0 Å². The standard InChI is InChI=1S/C18H23N3O3/c1-11-18(12(2)24-21-11)13-3-8-16(17(9-13)19-10-22)20-14-4-6-15(23)7-5-14/h3,8-10,14-15,20,23H,4-7H2,1-2H3,(H,19,22). The molecule has 128 valence electrons. The van der Waals surface area contributed by atoms with Crippen LogP contribution in [0.15, 0.2) is 22.7 Å². The van der Waals surface area contributed by atoms with Gasteiger partial charge in [-0.05, 0) is 57.2 Å². The molecule has 1 aromatic heterocycles. The highest BCUT2D eigenvalue weighted by Crippen LogP contribution is 2.34. The molecule has 2 aromatic rings. The number of hydrogen-bond acceptors (Lipinski definition) is 5. The van der Waals surface area contributed by atoms with Crippen LogP contribution in [0.2, 0.25) is 0 Å². The first-order valence-corrected chi connectivity index (χ1v) is 8.30. The molecule has 0 saturated heterocycles. The number of rotatable bonds is 5. The Hall–Kier alpha value is -2.34. The van der Waals surface area contributed by atoms with Gasteiger partial charge >= 0.3 is 0 Å². The molecule has 3 N–H and O–H groups in total. The average Bonchev–Trinajstić information content (AvgIpc) is 2.90. The maximum atomic E-state index is 11.0.